The smallest absolute Gasteiger partial charge is 0.257 e. The number of nitrogens with zero attached hydrogens (tertiary/aromatic N) is 3. The lowest BCUT2D eigenvalue weighted by Crippen LogP contribution is -2.45. The lowest BCUT2D eigenvalue weighted by atomic mass is 10.1. The number of fused-ring (bicyclic) bond motifs is 1. The fourth-order valence-electron chi connectivity index (χ4n) is 2.09. The fraction of sp³-hybridized carbons (Fsp3) is 0.500. The molecule has 21 heavy (non-hydrogen) atoms. The lowest BCUT2D eigenvalue weighted by Gasteiger charge is -2.18. The maximum Gasteiger partial charge on any atom is 0.257 e. The number of carbonyl (C=O) groups excluding carboxylic acids is 1. The summed E-state index contributed by atoms with van der Waals surface area (Å²) in [5, 5.41) is 7.22. The number of hydrogen-bond donors (Lipinski definition) is 2. The first-order valence-corrected chi connectivity index (χ1v) is 6.60. The number of nitrogens with two attached hydrogens (primary N) is 1. The Labute approximate surface area is 130 Å². The molecule has 0 atom stereocenters. The molecule has 0 fully saturated rings. The van der Waals surface area contributed by atoms with E-state index in [2.05, 4.69) is 15.4 Å². The lowest BCUT2D eigenvalue weighted by molar-refractivity contribution is 0.0947. The molecule has 3 N–H and O–H groups in total. The molecular weight excluding hydrogens is 290 g/mol. The fourth-order valence-corrected chi connectivity index (χ4v) is 2.09. The molecular formula is C14H22ClN5O. The molecule has 0 bridgehead atoms. The van der Waals surface area contributed by atoms with Gasteiger partial charge in [0, 0.05) is 23.5 Å². The van der Waals surface area contributed by atoms with Gasteiger partial charge < -0.3 is 11.1 Å². The highest BCUT2D eigenvalue weighted by atomic mass is 35.5. The predicted molar refractivity (Wildman–Crippen MR) is 85.0 cm³/mol. The second-order valence-electron chi connectivity index (χ2n) is 5.91. The summed E-state index contributed by atoms with van der Waals surface area (Å²) in [6, 6.07) is 1.93. The van der Waals surface area contributed by atoms with E-state index in [0.717, 1.165) is 11.4 Å². The predicted octanol–water partition coefficient (Wildman–Crippen LogP) is 1.54. The SMILES string of the molecule is Cc1cc(C)n2nc(C)c(C(=O)NCC(C)(C)N)c2n1.Cl. The van der Waals surface area contributed by atoms with Crippen LogP contribution in [0.15, 0.2) is 6.07 Å². The summed E-state index contributed by atoms with van der Waals surface area (Å²) >= 11 is 0. The van der Waals surface area contributed by atoms with Crippen LogP contribution in [0, 0.1) is 20.8 Å². The zero-order valence-corrected chi connectivity index (χ0v) is 13.8. The molecule has 2 aromatic rings. The summed E-state index contributed by atoms with van der Waals surface area (Å²) in [4.78, 5) is 16.8. The quantitative estimate of drug-likeness (QED) is 0.900. The van der Waals surface area contributed by atoms with E-state index in [0.29, 0.717) is 23.4 Å². The normalized spacial score (nSPS) is 11.3. The molecule has 0 saturated heterocycles. The van der Waals surface area contributed by atoms with E-state index in [4.69, 9.17) is 5.73 Å². The molecule has 7 heteroatoms. The standard InChI is InChI=1S/C14H21N5O.ClH/c1-8-6-9(2)19-12(17-8)11(10(3)18-19)13(20)16-7-14(4,5)15;/h6H,7,15H2,1-5H3,(H,16,20);1H. The first-order chi connectivity index (χ1) is 9.19. The van der Waals surface area contributed by atoms with Crippen molar-refractivity contribution < 1.29 is 4.79 Å². The van der Waals surface area contributed by atoms with Gasteiger partial charge in [-0.3, -0.25) is 4.79 Å². The van der Waals surface area contributed by atoms with Crippen molar-refractivity contribution in [3.05, 3.63) is 28.7 Å². The Bertz CT molecular complexity index is 672. The maximum absolute atomic E-state index is 12.3. The van der Waals surface area contributed by atoms with E-state index in [9.17, 15) is 4.79 Å². The van der Waals surface area contributed by atoms with Crippen LogP contribution >= 0.6 is 12.4 Å². The molecule has 0 aromatic carbocycles. The van der Waals surface area contributed by atoms with E-state index >= 15 is 0 Å². The number of rotatable bonds is 3. The largest absolute Gasteiger partial charge is 0.350 e. The minimum atomic E-state index is -0.453. The molecule has 116 valence electrons. The number of aryl methyl sites for hydroxylation is 3. The van der Waals surface area contributed by atoms with Crippen molar-refractivity contribution in [3.63, 3.8) is 0 Å². The summed E-state index contributed by atoms with van der Waals surface area (Å²) < 4.78 is 1.70. The van der Waals surface area contributed by atoms with E-state index in [1.54, 1.807) is 4.52 Å². The third kappa shape index (κ3) is 3.71. The first kappa shape index (κ1) is 17.4. The Kier molecular flexibility index (Phi) is 4.96. The highest BCUT2D eigenvalue weighted by Crippen LogP contribution is 2.16. The van der Waals surface area contributed by atoms with Gasteiger partial charge in [0.05, 0.1) is 5.69 Å². The Hall–Kier alpha value is -1.66. The minimum absolute atomic E-state index is 0. The topological polar surface area (TPSA) is 85.3 Å². The van der Waals surface area contributed by atoms with Crippen molar-refractivity contribution in [2.24, 2.45) is 5.73 Å². The van der Waals surface area contributed by atoms with Crippen LogP contribution in [-0.4, -0.2) is 32.6 Å². The van der Waals surface area contributed by atoms with Gasteiger partial charge in [-0.1, -0.05) is 0 Å². The van der Waals surface area contributed by atoms with Gasteiger partial charge in [-0.05, 0) is 40.7 Å². The van der Waals surface area contributed by atoms with Gasteiger partial charge in [-0.25, -0.2) is 9.50 Å². The van der Waals surface area contributed by atoms with E-state index < -0.39 is 5.54 Å². The Morgan fingerprint density at radius 1 is 1.38 bits per heavy atom. The van der Waals surface area contributed by atoms with Crippen LogP contribution in [0.1, 0.15) is 41.3 Å². The summed E-state index contributed by atoms with van der Waals surface area (Å²) in [5.41, 5.74) is 9.02. The molecule has 0 aliphatic heterocycles. The third-order valence-corrected chi connectivity index (χ3v) is 3.00. The molecule has 0 saturated carbocycles. The number of nitrogens with one attached hydrogen (secondary N) is 1. The molecule has 0 spiro atoms. The van der Waals surface area contributed by atoms with Crippen molar-refractivity contribution in [1.29, 1.82) is 0 Å². The summed E-state index contributed by atoms with van der Waals surface area (Å²) in [6.07, 6.45) is 0. The van der Waals surface area contributed by atoms with Crippen molar-refractivity contribution >= 4 is 24.0 Å². The van der Waals surface area contributed by atoms with Gasteiger partial charge in [0.25, 0.3) is 5.91 Å². The number of halogens is 1. The van der Waals surface area contributed by atoms with Gasteiger partial charge in [0.1, 0.15) is 5.56 Å². The van der Waals surface area contributed by atoms with Crippen LogP contribution < -0.4 is 11.1 Å². The van der Waals surface area contributed by atoms with Crippen LogP contribution in [0.5, 0.6) is 0 Å². The summed E-state index contributed by atoms with van der Waals surface area (Å²) in [7, 11) is 0. The van der Waals surface area contributed by atoms with E-state index in [1.807, 2.05) is 40.7 Å². The molecule has 2 rings (SSSR count). The molecule has 0 aliphatic rings. The average molecular weight is 312 g/mol. The minimum Gasteiger partial charge on any atom is -0.350 e. The molecule has 1 amide bonds. The van der Waals surface area contributed by atoms with Crippen LogP contribution in [0.2, 0.25) is 0 Å². The first-order valence-electron chi connectivity index (χ1n) is 6.60. The highest BCUT2D eigenvalue weighted by molar-refractivity contribution is 6.01. The molecule has 2 aromatic heterocycles. The van der Waals surface area contributed by atoms with Gasteiger partial charge in [0.2, 0.25) is 0 Å². The van der Waals surface area contributed by atoms with Crippen molar-refractivity contribution in [3.8, 4) is 0 Å². The second kappa shape index (κ2) is 5.99. The van der Waals surface area contributed by atoms with Crippen LogP contribution in [0.3, 0.4) is 0 Å². The summed E-state index contributed by atoms with van der Waals surface area (Å²) in [5.74, 6) is -0.187. The second-order valence-corrected chi connectivity index (χ2v) is 5.91. The van der Waals surface area contributed by atoms with Crippen LogP contribution in [0.25, 0.3) is 5.65 Å². The molecule has 0 unspecified atom stereocenters. The zero-order valence-electron chi connectivity index (χ0n) is 13.0. The maximum atomic E-state index is 12.3. The monoisotopic (exact) mass is 311 g/mol. The average Bonchev–Trinajstić information content (AvgIpc) is 2.62. The third-order valence-electron chi connectivity index (χ3n) is 3.00. The van der Waals surface area contributed by atoms with E-state index in [1.165, 1.54) is 0 Å². The number of aromatic nitrogens is 3. The Balaban J connectivity index is 0.00000220. The molecule has 0 aliphatic carbocycles. The summed E-state index contributed by atoms with van der Waals surface area (Å²) in [6.45, 7) is 9.78. The zero-order chi connectivity index (χ0) is 15.1. The Morgan fingerprint density at radius 3 is 2.57 bits per heavy atom. The number of hydrogen-bond acceptors (Lipinski definition) is 4. The van der Waals surface area contributed by atoms with Gasteiger partial charge in [-0.15, -0.1) is 12.4 Å². The van der Waals surface area contributed by atoms with Crippen LogP contribution in [0.4, 0.5) is 0 Å². The molecule has 0 radical (unpaired) electrons. The highest BCUT2D eigenvalue weighted by Gasteiger charge is 2.21. The Morgan fingerprint density at radius 2 is 2.00 bits per heavy atom. The van der Waals surface area contributed by atoms with Crippen molar-refractivity contribution in [2.45, 2.75) is 40.2 Å². The molecule has 6 nitrogen and oxygen atoms in total. The van der Waals surface area contributed by atoms with E-state index in [-0.39, 0.29) is 18.3 Å². The number of amides is 1. The molecule has 2 heterocycles. The number of carbonyl (C=O) groups is 1. The van der Waals surface area contributed by atoms with Gasteiger partial charge in [0.15, 0.2) is 5.65 Å². The van der Waals surface area contributed by atoms with Crippen LogP contribution in [-0.2, 0) is 0 Å². The van der Waals surface area contributed by atoms with Gasteiger partial charge in [-0.2, -0.15) is 5.10 Å². The van der Waals surface area contributed by atoms with Crippen molar-refractivity contribution in [1.82, 2.24) is 19.9 Å². The van der Waals surface area contributed by atoms with Crippen molar-refractivity contribution in [2.75, 3.05) is 6.54 Å². The van der Waals surface area contributed by atoms with Gasteiger partial charge >= 0.3 is 0 Å².